The number of anilines is 1. The fraction of sp³-hybridized carbons (Fsp3) is 0.233. The van der Waals surface area contributed by atoms with E-state index in [1.807, 2.05) is 72.5 Å². The Bertz CT molecular complexity index is 1410. The van der Waals surface area contributed by atoms with Crippen LogP contribution >= 0.6 is 0 Å². The number of esters is 1. The zero-order valence-corrected chi connectivity index (χ0v) is 20.0. The van der Waals surface area contributed by atoms with Gasteiger partial charge in [0.05, 0.1) is 19.8 Å². The predicted molar refractivity (Wildman–Crippen MR) is 135 cm³/mol. The van der Waals surface area contributed by atoms with E-state index in [4.69, 9.17) is 9.47 Å². The van der Waals surface area contributed by atoms with E-state index in [2.05, 4.69) is 0 Å². The lowest BCUT2D eigenvalue weighted by Crippen LogP contribution is -2.48. The second-order valence-electron chi connectivity index (χ2n) is 9.26. The van der Waals surface area contributed by atoms with Crippen LogP contribution in [0.3, 0.4) is 0 Å². The summed E-state index contributed by atoms with van der Waals surface area (Å²) in [6.45, 7) is 2.28. The number of carbonyl (C=O) groups is 3. The van der Waals surface area contributed by atoms with Crippen LogP contribution < -0.4 is 9.64 Å². The average molecular weight is 480 g/mol. The Morgan fingerprint density at radius 2 is 1.56 bits per heavy atom. The number of ketones is 2. The highest BCUT2D eigenvalue weighted by Gasteiger charge is 2.72. The number of carbonyl (C=O) groups excluding carboxylic acids is 3. The van der Waals surface area contributed by atoms with Crippen molar-refractivity contribution in [3.63, 3.8) is 0 Å². The first-order valence-corrected chi connectivity index (χ1v) is 12.1. The van der Waals surface area contributed by atoms with Gasteiger partial charge < -0.3 is 14.4 Å². The summed E-state index contributed by atoms with van der Waals surface area (Å²) in [6, 6.07) is 20.4. The standard InChI is InChI=1S/C30H25NO5/c1-3-36-23-15-9-7-13-21(23)25-26(29(34)35-2)31-22-14-8-4-10-18(22)16-17-24(31)30(25)27(32)19-11-5-6-12-20(19)28(30)33/h4-17,24-26H,3H2,1-2H3/t24-,25+,26-/m0/s1. The third-order valence-corrected chi connectivity index (χ3v) is 7.71. The van der Waals surface area contributed by atoms with Crippen LogP contribution in [-0.2, 0) is 9.53 Å². The minimum absolute atomic E-state index is 0.273. The van der Waals surface area contributed by atoms with Crippen LogP contribution in [-0.4, -0.2) is 43.3 Å². The van der Waals surface area contributed by atoms with Gasteiger partial charge in [-0.05, 0) is 24.6 Å². The van der Waals surface area contributed by atoms with Gasteiger partial charge in [0, 0.05) is 28.3 Å². The second-order valence-corrected chi connectivity index (χ2v) is 9.26. The Morgan fingerprint density at radius 1 is 0.917 bits per heavy atom. The van der Waals surface area contributed by atoms with E-state index in [1.165, 1.54) is 7.11 Å². The summed E-state index contributed by atoms with van der Waals surface area (Å²) in [4.78, 5) is 44.4. The summed E-state index contributed by atoms with van der Waals surface area (Å²) in [5.74, 6) is -1.34. The van der Waals surface area contributed by atoms with E-state index >= 15 is 0 Å². The maximum Gasteiger partial charge on any atom is 0.329 e. The van der Waals surface area contributed by atoms with Crippen molar-refractivity contribution in [3.8, 4) is 5.75 Å². The van der Waals surface area contributed by atoms with Crippen molar-refractivity contribution in [2.24, 2.45) is 5.41 Å². The van der Waals surface area contributed by atoms with E-state index in [0.29, 0.717) is 29.0 Å². The lowest BCUT2D eigenvalue weighted by Gasteiger charge is -2.36. The largest absolute Gasteiger partial charge is 0.494 e. The van der Waals surface area contributed by atoms with Gasteiger partial charge in [-0.25, -0.2) is 4.79 Å². The molecule has 3 atom stereocenters. The number of hydrogen-bond acceptors (Lipinski definition) is 6. The van der Waals surface area contributed by atoms with Crippen molar-refractivity contribution in [1.82, 2.24) is 0 Å². The number of fused-ring (bicyclic) bond motifs is 5. The summed E-state index contributed by atoms with van der Waals surface area (Å²) in [6.07, 6.45) is 3.83. The molecule has 6 rings (SSSR count). The number of nitrogens with zero attached hydrogens (tertiary/aromatic N) is 1. The highest BCUT2D eigenvalue weighted by atomic mass is 16.5. The fourth-order valence-corrected chi connectivity index (χ4v) is 6.38. The van der Waals surface area contributed by atoms with Crippen LogP contribution in [0.15, 0.2) is 78.9 Å². The predicted octanol–water partition coefficient (Wildman–Crippen LogP) is 4.69. The molecule has 1 saturated heterocycles. The minimum Gasteiger partial charge on any atom is -0.494 e. The van der Waals surface area contributed by atoms with E-state index < -0.39 is 29.4 Å². The lowest BCUT2D eigenvalue weighted by molar-refractivity contribution is -0.142. The van der Waals surface area contributed by atoms with Gasteiger partial charge in [-0.3, -0.25) is 9.59 Å². The van der Waals surface area contributed by atoms with Crippen LogP contribution in [0.25, 0.3) is 6.08 Å². The van der Waals surface area contributed by atoms with Gasteiger partial charge in [-0.1, -0.05) is 72.8 Å². The normalized spacial score (nSPS) is 22.8. The molecule has 6 heteroatoms. The molecule has 3 aliphatic rings. The quantitative estimate of drug-likeness (QED) is 0.399. The molecule has 3 aromatic carbocycles. The zero-order valence-electron chi connectivity index (χ0n) is 20.0. The van der Waals surface area contributed by atoms with Gasteiger partial charge in [0.1, 0.15) is 17.2 Å². The Kier molecular flexibility index (Phi) is 5.07. The smallest absolute Gasteiger partial charge is 0.329 e. The molecule has 36 heavy (non-hydrogen) atoms. The number of rotatable bonds is 4. The van der Waals surface area contributed by atoms with E-state index in [1.54, 1.807) is 24.3 Å². The Balaban J connectivity index is 1.70. The summed E-state index contributed by atoms with van der Waals surface area (Å²) in [7, 11) is 1.34. The molecule has 6 nitrogen and oxygen atoms in total. The number of ether oxygens (including phenoxy) is 2. The first-order chi connectivity index (χ1) is 17.6. The molecule has 2 aliphatic heterocycles. The van der Waals surface area contributed by atoms with E-state index in [9.17, 15) is 14.4 Å². The molecule has 180 valence electrons. The van der Waals surface area contributed by atoms with Crippen molar-refractivity contribution in [2.45, 2.75) is 24.9 Å². The van der Waals surface area contributed by atoms with Gasteiger partial charge in [0.2, 0.25) is 0 Å². The lowest BCUT2D eigenvalue weighted by atomic mass is 9.64. The topological polar surface area (TPSA) is 72.9 Å². The number of Topliss-reactive ketones (excluding diaryl/α,β-unsaturated/α-hetero) is 2. The highest BCUT2D eigenvalue weighted by Crippen LogP contribution is 2.61. The van der Waals surface area contributed by atoms with Gasteiger partial charge in [0.25, 0.3) is 0 Å². The van der Waals surface area contributed by atoms with Gasteiger partial charge >= 0.3 is 5.97 Å². The van der Waals surface area contributed by atoms with Crippen molar-refractivity contribution >= 4 is 29.3 Å². The molecule has 0 radical (unpaired) electrons. The SMILES string of the molecule is CCOc1ccccc1[C@@H]1[C@@H](C(=O)OC)N2c3ccccc3C=C[C@H]2C12C(=O)c1ccccc1C2=O. The molecule has 0 aromatic heterocycles. The Morgan fingerprint density at radius 3 is 2.25 bits per heavy atom. The molecular weight excluding hydrogens is 454 g/mol. The summed E-state index contributed by atoms with van der Waals surface area (Å²) in [5.41, 5.74) is 1.56. The molecule has 0 saturated carbocycles. The van der Waals surface area contributed by atoms with Crippen LogP contribution in [0.2, 0.25) is 0 Å². The molecular formula is C30H25NO5. The van der Waals surface area contributed by atoms with Crippen LogP contribution in [0.5, 0.6) is 5.75 Å². The molecule has 0 amide bonds. The first-order valence-electron chi connectivity index (χ1n) is 12.1. The monoisotopic (exact) mass is 479 g/mol. The van der Waals surface area contributed by atoms with E-state index in [-0.39, 0.29) is 11.6 Å². The molecule has 1 fully saturated rings. The molecule has 3 aromatic rings. The average Bonchev–Trinajstić information content (AvgIpc) is 3.35. The molecule has 1 aliphatic carbocycles. The van der Waals surface area contributed by atoms with Gasteiger partial charge in [0.15, 0.2) is 11.6 Å². The van der Waals surface area contributed by atoms with Crippen molar-refractivity contribution < 1.29 is 23.9 Å². The number of methoxy groups -OCH3 is 1. The minimum atomic E-state index is -1.56. The Hall–Kier alpha value is -4.19. The Labute approximate surface area is 209 Å². The zero-order chi connectivity index (χ0) is 25.0. The highest BCUT2D eigenvalue weighted by molar-refractivity contribution is 6.32. The molecule has 0 bridgehead atoms. The van der Waals surface area contributed by atoms with Crippen LogP contribution in [0, 0.1) is 5.41 Å². The summed E-state index contributed by atoms with van der Waals surface area (Å²) < 4.78 is 11.3. The number of benzene rings is 3. The first kappa shape index (κ1) is 22.3. The summed E-state index contributed by atoms with van der Waals surface area (Å²) >= 11 is 0. The molecule has 1 spiro atoms. The molecule has 0 N–H and O–H groups in total. The van der Waals surface area contributed by atoms with Crippen molar-refractivity contribution in [1.29, 1.82) is 0 Å². The third-order valence-electron chi connectivity index (χ3n) is 7.71. The van der Waals surface area contributed by atoms with E-state index in [0.717, 1.165) is 11.3 Å². The van der Waals surface area contributed by atoms with Crippen molar-refractivity contribution in [3.05, 3.63) is 101 Å². The maximum absolute atomic E-state index is 14.4. The van der Waals surface area contributed by atoms with Crippen LogP contribution in [0.1, 0.15) is 44.7 Å². The third kappa shape index (κ3) is 2.75. The van der Waals surface area contributed by atoms with Gasteiger partial charge in [-0.2, -0.15) is 0 Å². The number of para-hydroxylation sites is 2. The molecule has 2 heterocycles. The summed E-state index contributed by atoms with van der Waals surface area (Å²) in [5, 5.41) is 0. The van der Waals surface area contributed by atoms with Crippen LogP contribution in [0.4, 0.5) is 5.69 Å². The fourth-order valence-electron chi connectivity index (χ4n) is 6.38. The second kappa shape index (κ2) is 8.19. The maximum atomic E-state index is 14.4. The van der Waals surface area contributed by atoms with Crippen molar-refractivity contribution in [2.75, 3.05) is 18.6 Å². The molecule has 0 unspecified atom stereocenters. The van der Waals surface area contributed by atoms with Gasteiger partial charge in [-0.15, -0.1) is 0 Å². The number of hydrogen-bond donors (Lipinski definition) is 0.